The first-order valence-corrected chi connectivity index (χ1v) is 11.8. The monoisotopic (exact) mass is 355 g/mol. The van der Waals surface area contributed by atoms with Crippen LogP contribution in [0.5, 0.6) is 0 Å². The molecule has 1 heterocycles. The number of nitrogens with zero attached hydrogens (tertiary/aromatic N) is 1. The average Bonchev–Trinajstić information content (AvgIpc) is 3.03. The number of aromatic nitrogens is 1. The Hall–Kier alpha value is -0.330. The molecule has 0 saturated carbocycles. The third kappa shape index (κ3) is 6.38. The molecule has 146 valence electrons. The van der Waals surface area contributed by atoms with E-state index in [1.807, 2.05) is 0 Å². The molecule has 3 heteroatoms. The van der Waals surface area contributed by atoms with E-state index in [1.165, 1.54) is 96.3 Å². The summed E-state index contributed by atoms with van der Waals surface area (Å²) in [7, 11) is 0. The van der Waals surface area contributed by atoms with Crippen molar-refractivity contribution < 1.29 is 0 Å². The molecule has 0 saturated heterocycles. The summed E-state index contributed by atoms with van der Waals surface area (Å²) in [5.41, 5.74) is 3.67. The van der Waals surface area contributed by atoms with Crippen LogP contribution in [0, 0.1) is 5.92 Å². The molecule has 0 fully saturated rings. The topological polar surface area (TPSA) is 4.93 Å². The molecule has 0 aliphatic heterocycles. The summed E-state index contributed by atoms with van der Waals surface area (Å²) in [4.78, 5) is 0. The summed E-state index contributed by atoms with van der Waals surface area (Å²) in [5, 5.41) is 0. The van der Waals surface area contributed by atoms with Gasteiger partial charge < -0.3 is 0 Å². The van der Waals surface area contributed by atoms with Crippen molar-refractivity contribution in [3.05, 3.63) is 11.2 Å². The van der Waals surface area contributed by atoms with E-state index in [0.29, 0.717) is 5.54 Å². The van der Waals surface area contributed by atoms with Gasteiger partial charge in [-0.05, 0) is 0 Å². The molecule has 1 aromatic rings. The van der Waals surface area contributed by atoms with Crippen molar-refractivity contribution in [3.8, 4) is 0 Å². The Bertz CT molecular complexity index is 510. The van der Waals surface area contributed by atoms with Gasteiger partial charge in [0.15, 0.2) is 0 Å². The predicted octanol–water partition coefficient (Wildman–Crippen LogP) is 6.73. The predicted molar refractivity (Wildman–Crippen MR) is 119 cm³/mol. The second kappa shape index (κ2) is 11.5. The van der Waals surface area contributed by atoms with Crippen LogP contribution in [0.15, 0.2) is 0 Å². The molecular weight excluding hydrogens is 312 g/mol. The van der Waals surface area contributed by atoms with E-state index >= 15 is 0 Å². The SMILES string of the molecule is CCCCCCC(C)(CCCC)n1bbc2c1CCCCCCC(C)C2. The summed E-state index contributed by atoms with van der Waals surface area (Å²) in [6, 6.07) is 0. The van der Waals surface area contributed by atoms with Gasteiger partial charge in [-0.2, -0.15) is 0 Å². The zero-order valence-electron chi connectivity index (χ0n) is 18.3. The second-order valence-corrected chi connectivity index (χ2v) is 9.33. The molecule has 2 atom stereocenters. The van der Waals surface area contributed by atoms with Gasteiger partial charge in [-0.25, -0.2) is 0 Å². The summed E-state index contributed by atoms with van der Waals surface area (Å²) in [6.07, 6.45) is 20.5. The molecule has 0 radical (unpaired) electrons. The van der Waals surface area contributed by atoms with Crippen LogP contribution in [-0.4, -0.2) is 18.2 Å². The van der Waals surface area contributed by atoms with Crippen LogP contribution in [0.2, 0.25) is 0 Å². The van der Waals surface area contributed by atoms with Crippen LogP contribution in [0.1, 0.15) is 122 Å². The van der Waals surface area contributed by atoms with Crippen LogP contribution < -0.4 is 0 Å². The summed E-state index contributed by atoms with van der Waals surface area (Å²) >= 11 is 0. The Balaban J connectivity index is 2.22. The zero-order chi connectivity index (χ0) is 18.8. The minimum atomic E-state index is 0.324. The van der Waals surface area contributed by atoms with E-state index in [-0.39, 0.29) is 0 Å². The Kier molecular flexibility index (Phi) is 9.71. The number of rotatable bonds is 9. The number of hydrogen-bond acceptors (Lipinski definition) is 0. The summed E-state index contributed by atoms with van der Waals surface area (Å²) in [6.45, 7) is 14.6. The Labute approximate surface area is 165 Å². The first kappa shape index (κ1) is 22.0. The first-order chi connectivity index (χ1) is 12.6. The molecule has 0 bridgehead atoms. The maximum absolute atomic E-state index is 2.75. The van der Waals surface area contributed by atoms with Gasteiger partial charge in [-0.3, -0.25) is 0 Å². The fourth-order valence-electron chi connectivity index (χ4n) is 4.95. The van der Waals surface area contributed by atoms with Crippen molar-refractivity contribution in [2.24, 2.45) is 5.92 Å². The number of hydrogen-bond donors (Lipinski definition) is 0. The van der Waals surface area contributed by atoms with Gasteiger partial charge in [-0.1, -0.05) is 0 Å². The van der Waals surface area contributed by atoms with Crippen molar-refractivity contribution in [2.75, 3.05) is 0 Å². The molecule has 1 nitrogen and oxygen atoms in total. The van der Waals surface area contributed by atoms with Crippen molar-refractivity contribution in [1.82, 2.24) is 4.47 Å². The molecule has 0 aromatic carbocycles. The van der Waals surface area contributed by atoms with Crippen molar-refractivity contribution in [2.45, 2.75) is 130 Å². The third-order valence-corrected chi connectivity index (χ3v) is 6.73. The van der Waals surface area contributed by atoms with E-state index in [2.05, 4.69) is 45.9 Å². The third-order valence-electron chi connectivity index (χ3n) is 6.73. The van der Waals surface area contributed by atoms with E-state index in [4.69, 9.17) is 0 Å². The van der Waals surface area contributed by atoms with Gasteiger partial charge in [-0.15, -0.1) is 0 Å². The van der Waals surface area contributed by atoms with Crippen molar-refractivity contribution in [1.29, 1.82) is 0 Å². The molecular formula is C23H43B2N. The van der Waals surface area contributed by atoms with Gasteiger partial charge in [0.2, 0.25) is 0 Å². The molecule has 0 N–H and O–H groups in total. The Morgan fingerprint density at radius 1 is 0.962 bits per heavy atom. The minimum absolute atomic E-state index is 0.324. The van der Waals surface area contributed by atoms with E-state index < -0.39 is 0 Å². The van der Waals surface area contributed by atoms with E-state index in [9.17, 15) is 0 Å². The number of fused-ring (bicyclic) bond motifs is 1. The molecule has 2 rings (SSSR count). The second-order valence-electron chi connectivity index (χ2n) is 9.33. The quantitative estimate of drug-likeness (QED) is 0.433. The fourth-order valence-corrected chi connectivity index (χ4v) is 4.95. The van der Waals surface area contributed by atoms with Crippen molar-refractivity contribution in [3.63, 3.8) is 0 Å². The van der Waals surface area contributed by atoms with Crippen LogP contribution in [0.25, 0.3) is 0 Å². The number of unbranched alkanes of at least 4 members (excludes halogenated alkanes) is 4. The van der Waals surface area contributed by atoms with Crippen LogP contribution in [-0.2, 0) is 18.4 Å². The van der Waals surface area contributed by atoms with Gasteiger partial charge in [0.05, 0.1) is 0 Å². The molecule has 26 heavy (non-hydrogen) atoms. The molecule has 0 spiro atoms. The Morgan fingerprint density at radius 3 is 2.46 bits per heavy atom. The van der Waals surface area contributed by atoms with Crippen LogP contribution in [0.4, 0.5) is 0 Å². The normalized spacial score (nSPS) is 20.8. The average molecular weight is 355 g/mol. The molecule has 1 aromatic heterocycles. The van der Waals surface area contributed by atoms with Crippen molar-refractivity contribution >= 4 is 13.7 Å². The van der Waals surface area contributed by atoms with Gasteiger partial charge >= 0.3 is 165 Å². The van der Waals surface area contributed by atoms with Gasteiger partial charge in [0.25, 0.3) is 0 Å². The molecule has 2 unspecified atom stereocenters. The van der Waals surface area contributed by atoms with Crippen LogP contribution >= 0.6 is 0 Å². The molecule has 1 aliphatic rings. The molecule has 0 amide bonds. The fraction of sp³-hybridized carbons (Fsp3) is 0.913. The summed E-state index contributed by atoms with van der Waals surface area (Å²) in [5.74, 6) is 0.842. The maximum atomic E-state index is 2.75. The van der Waals surface area contributed by atoms with E-state index in [1.54, 1.807) is 11.2 Å². The zero-order valence-corrected chi connectivity index (χ0v) is 18.3. The van der Waals surface area contributed by atoms with Crippen LogP contribution in [0.3, 0.4) is 0 Å². The van der Waals surface area contributed by atoms with Gasteiger partial charge in [0.1, 0.15) is 0 Å². The van der Waals surface area contributed by atoms with Gasteiger partial charge in [0, 0.05) is 0 Å². The van der Waals surface area contributed by atoms with E-state index in [0.717, 1.165) is 5.92 Å². The molecule has 1 aliphatic carbocycles. The standard InChI is InChI=1S/C23H43B2N/c1-5-7-9-14-18-23(4,17-8-6-2)26-22-16-13-11-10-12-15-20(3)19-21(22)24-25-26/h20H,5-19H2,1-4H3. The first-order valence-electron chi connectivity index (χ1n) is 11.8. The summed E-state index contributed by atoms with van der Waals surface area (Å²) < 4.78 is 2.75. The Morgan fingerprint density at radius 2 is 1.69 bits per heavy atom.